The van der Waals surface area contributed by atoms with E-state index in [1.54, 1.807) is 12.1 Å². The molecule has 0 radical (unpaired) electrons. The molecule has 17 heavy (non-hydrogen) atoms. The Bertz CT molecular complexity index is 426. The molecule has 1 unspecified atom stereocenters. The summed E-state index contributed by atoms with van der Waals surface area (Å²) in [6.07, 6.45) is 2.24. The fourth-order valence-electron chi connectivity index (χ4n) is 2.58. The van der Waals surface area contributed by atoms with Crippen LogP contribution in [0.1, 0.15) is 30.1 Å². The number of aromatic nitrogens is 1. The molecule has 0 bridgehead atoms. The van der Waals surface area contributed by atoms with E-state index in [0.29, 0.717) is 5.92 Å². The Morgan fingerprint density at radius 2 is 2.35 bits per heavy atom. The smallest absolute Gasteiger partial charge is 0.182 e. The number of nitrogens with zero attached hydrogens (tertiary/aromatic N) is 1. The predicted molar refractivity (Wildman–Crippen MR) is 67.3 cm³/mol. The van der Waals surface area contributed by atoms with E-state index >= 15 is 0 Å². The molecule has 4 nitrogen and oxygen atoms in total. The summed E-state index contributed by atoms with van der Waals surface area (Å²) < 4.78 is 0. The summed E-state index contributed by atoms with van der Waals surface area (Å²) in [4.78, 5) is 17.0. The Labute approximate surface area is 101 Å². The minimum atomic E-state index is 0.0792. The van der Waals surface area contributed by atoms with Crippen LogP contribution in [0.25, 0.3) is 0 Å². The van der Waals surface area contributed by atoms with E-state index in [1.807, 2.05) is 6.92 Å². The standard InChI is InChI=1S/C13H20N2O2/c1-10-7-12(17)8-13(14-10)11-3-2-4-15(9-11)5-6-16/h7-8,11,16H,2-6,9H2,1H3,(H,14,17). The first kappa shape index (κ1) is 12.3. The zero-order valence-electron chi connectivity index (χ0n) is 10.3. The zero-order valence-corrected chi connectivity index (χ0v) is 10.3. The second-order valence-corrected chi connectivity index (χ2v) is 4.82. The van der Waals surface area contributed by atoms with Gasteiger partial charge in [0, 0.05) is 42.5 Å². The van der Waals surface area contributed by atoms with Crippen molar-refractivity contribution in [1.82, 2.24) is 9.88 Å². The molecule has 2 heterocycles. The van der Waals surface area contributed by atoms with Gasteiger partial charge in [0.05, 0.1) is 6.61 Å². The fraction of sp³-hybridized carbons (Fsp3) is 0.615. The maximum atomic E-state index is 11.5. The topological polar surface area (TPSA) is 56.3 Å². The van der Waals surface area contributed by atoms with Gasteiger partial charge in [-0.25, -0.2) is 0 Å². The number of rotatable bonds is 3. The average molecular weight is 236 g/mol. The minimum Gasteiger partial charge on any atom is -0.395 e. The highest BCUT2D eigenvalue weighted by Crippen LogP contribution is 2.24. The number of nitrogens with one attached hydrogen (secondary N) is 1. The van der Waals surface area contributed by atoms with Gasteiger partial charge in [-0.1, -0.05) is 0 Å². The number of aliphatic hydroxyl groups excluding tert-OH is 1. The summed E-state index contributed by atoms with van der Waals surface area (Å²) in [6, 6.07) is 3.33. The zero-order chi connectivity index (χ0) is 12.3. The van der Waals surface area contributed by atoms with Crippen LogP contribution in [0.15, 0.2) is 16.9 Å². The predicted octanol–water partition coefficient (Wildman–Crippen LogP) is 0.855. The molecule has 0 aromatic carbocycles. The van der Waals surface area contributed by atoms with Gasteiger partial charge in [-0.3, -0.25) is 4.79 Å². The highest BCUT2D eigenvalue weighted by Gasteiger charge is 2.21. The van der Waals surface area contributed by atoms with Crippen molar-refractivity contribution in [3.63, 3.8) is 0 Å². The van der Waals surface area contributed by atoms with Crippen LogP contribution >= 0.6 is 0 Å². The lowest BCUT2D eigenvalue weighted by atomic mass is 9.94. The summed E-state index contributed by atoms with van der Waals surface area (Å²) in [6.45, 7) is 4.83. The number of pyridine rings is 1. The molecule has 1 saturated heterocycles. The summed E-state index contributed by atoms with van der Waals surface area (Å²) in [5.41, 5.74) is 2.04. The van der Waals surface area contributed by atoms with E-state index in [0.717, 1.165) is 43.9 Å². The van der Waals surface area contributed by atoms with Crippen molar-refractivity contribution >= 4 is 0 Å². The molecule has 2 rings (SSSR count). The Hall–Kier alpha value is -1.13. The van der Waals surface area contributed by atoms with Crippen molar-refractivity contribution in [2.75, 3.05) is 26.2 Å². The van der Waals surface area contributed by atoms with Crippen LogP contribution in [0.5, 0.6) is 0 Å². The van der Waals surface area contributed by atoms with Crippen LogP contribution in [0.4, 0.5) is 0 Å². The van der Waals surface area contributed by atoms with Gasteiger partial charge >= 0.3 is 0 Å². The van der Waals surface area contributed by atoms with Gasteiger partial charge < -0.3 is 15.0 Å². The third-order valence-electron chi connectivity index (χ3n) is 3.36. The molecule has 1 aliphatic rings. The molecule has 2 N–H and O–H groups in total. The molecule has 0 spiro atoms. The summed E-state index contributed by atoms with van der Waals surface area (Å²) in [5, 5.41) is 8.96. The lowest BCUT2D eigenvalue weighted by Gasteiger charge is -2.32. The molecule has 0 amide bonds. The average Bonchev–Trinajstić information content (AvgIpc) is 2.28. The number of aryl methyl sites for hydroxylation is 1. The van der Waals surface area contributed by atoms with E-state index in [4.69, 9.17) is 5.11 Å². The lowest BCUT2D eigenvalue weighted by molar-refractivity contribution is 0.160. The maximum Gasteiger partial charge on any atom is 0.182 e. The van der Waals surface area contributed by atoms with E-state index in [1.165, 1.54) is 0 Å². The van der Waals surface area contributed by atoms with E-state index in [9.17, 15) is 4.79 Å². The van der Waals surface area contributed by atoms with Crippen LogP contribution in [-0.2, 0) is 0 Å². The molecular weight excluding hydrogens is 216 g/mol. The molecule has 4 heteroatoms. The van der Waals surface area contributed by atoms with E-state index < -0.39 is 0 Å². The third-order valence-corrected chi connectivity index (χ3v) is 3.36. The second-order valence-electron chi connectivity index (χ2n) is 4.82. The van der Waals surface area contributed by atoms with Crippen LogP contribution < -0.4 is 5.43 Å². The Morgan fingerprint density at radius 3 is 3.06 bits per heavy atom. The Kier molecular flexibility index (Phi) is 3.97. The van der Waals surface area contributed by atoms with Crippen molar-refractivity contribution in [1.29, 1.82) is 0 Å². The number of hydrogen-bond donors (Lipinski definition) is 2. The summed E-state index contributed by atoms with van der Waals surface area (Å²) >= 11 is 0. The van der Waals surface area contributed by atoms with Gasteiger partial charge in [0.1, 0.15) is 0 Å². The molecular formula is C13H20N2O2. The van der Waals surface area contributed by atoms with Crippen molar-refractivity contribution in [3.8, 4) is 0 Å². The summed E-state index contributed by atoms with van der Waals surface area (Å²) in [7, 11) is 0. The number of hydrogen-bond acceptors (Lipinski definition) is 3. The number of aliphatic hydroxyl groups is 1. The Morgan fingerprint density at radius 1 is 1.53 bits per heavy atom. The molecule has 1 atom stereocenters. The van der Waals surface area contributed by atoms with Crippen LogP contribution in [-0.4, -0.2) is 41.2 Å². The van der Waals surface area contributed by atoms with Crippen LogP contribution in [0, 0.1) is 6.92 Å². The first-order valence-electron chi connectivity index (χ1n) is 6.23. The van der Waals surface area contributed by atoms with Crippen molar-refractivity contribution in [2.24, 2.45) is 0 Å². The maximum absolute atomic E-state index is 11.5. The molecule has 1 fully saturated rings. The molecule has 94 valence electrons. The van der Waals surface area contributed by atoms with Gasteiger partial charge in [-0.2, -0.15) is 0 Å². The Balaban J connectivity index is 2.13. The van der Waals surface area contributed by atoms with Gasteiger partial charge in [0.25, 0.3) is 0 Å². The first-order valence-corrected chi connectivity index (χ1v) is 6.23. The number of β-amino-alcohol motifs (C(OH)–C–C–N with tert-alkyl or cyclic N) is 1. The van der Waals surface area contributed by atoms with Crippen molar-refractivity contribution < 1.29 is 5.11 Å². The molecule has 1 aromatic heterocycles. The molecule has 0 aliphatic carbocycles. The lowest BCUT2D eigenvalue weighted by Crippen LogP contribution is -2.36. The van der Waals surface area contributed by atoms with Gasteiger partial charge in [-0.15, -0.1) is 0 Å². The fourth-order valence-corrected chi connectivity index (χ4v) is 2.58. The SMILES string of the molecule is Cc1cc(=O)cc(C2CCCN(CCO)C2)[nH]1. The quantitative estimate of drug-likeness (QED) is 0.818. The van der Waals surface area contributed by atoms with Crippen LogP contribution in [0.2, 0.25) is 0 Å². The number of aromatic amines is 1. The number of H-pyrrole nitrogens is 1. The van der Waals surface area contributed by atoms with Crippen molar-refractivity contribution in [3.05, 3.63) is 33.7 Å². The summed E-state index contributed by atoms with van der Waals surface area (Å²) in [5.74, 6) is 0.392. The highest BCUT2D eigenvalue weighted by atomic mass is 16.3. The van der Waals surface area contributed by atoms with E-state index in [2.05, 4.69) is 9.88 Å². The largest absolute Gasteiger partial charge is 0.395 e. The molecule has 1 aromatic rings. The first-order chi connectivity index (χ1) is 8.19. The van der Waals surface area contributed by atoms with Gasteiger partial charge in [0.15, 0.2) is 5.43 Å². The van der Waals surface area contributed by atoms with Crippen LogP contribution in [0.3, 0.4) is 0 Å². The van der Waals surface area contributed by atoms with E-state index in [-0.39, 0.29) is 12.0 Å². The molecule has 0 saturated carbocycles. The van der Waals surface area contributed by atoms with Crippen molar-refractivity contribution in [2.45, 2.75) is 25.7 Å². The number of piperidine rings is 1. The molecule has 1 aliphatic heterocycles. The van der Waals surface area contributed by atoms with Gasteiger partial charge in [-0.05, 0) is 26.3 Å². The van der Waals surface area contributed by atoms with Gasteiger partial charge in [0.2, 0.25) is 0 Å². The minimum absolute atomic E-state index is 0.0792. The normalized spacial score (nSPS) is 21.6. The number of likely N-dealkylation sites (tertiary alicyclic amines) is 1. The highest BCUT2D eigenvalue weighted by molar-refractivity contribution is 5.15. The third kappa shape index (κ3) is 3.17. The second kappa shape index (κ2) is 5.47. The monoisotopic (exact) mass is 236 g/mol.